The maximum atomic E-state index is 4.46. The van der Waals surface area contributed by atoms with E-state index in [1.54, 1.807) is 0 Å². The summed E-state index contributed by atoms with van der Waals surface area (Å²) in [6.07, 6.45) is 3.10. The highest BCUT2D eigenvalue weighted by Gasteiger charge is 2.32. The van der Waals surface area contributed by atoms with Crippen molar-refractivity contribution in [2.24, 2.45) is 0 Å². The Labute approximate surface area is 121 Å². The summed E-state index contributed by atoms with van der Waals surface area (Å²) in [5.74, 6) is 0. The van der Waals surface area contributed by atoms with E-state index in [4.69, 9.17) is 0 Å². The Morgan fingerprint density at radius 1 is 1.30 bits per heavy atom. The fourth-order valence-corrected chi connectivity index (χ4v) is 3.07. The molecule has 0 amide bonds. The molecule has 1 aromatic carbocycles. The second-order valence-electron chi connectivity index (χ2n) is 5.94. The third kappa shape index (κ3) is 2.43. The number of piperazine rings is 1. The first-order valence-corrected chi connectivity index (χ1v) is 7.51. The third-order valence-corrected chi connectivity index (χ3v) is 4.69. The van der Waals surface area contributed by atoms with Crippen LogP contribution in [0, 0.1) is 0 Å². The van der Waals surface area contributed by atoms with Crippen molar-refractivity contribution >= 4 is 10.9 Å². The monoisotopic (exact) mass is 269 g/mol. The molecule has 3 nitrogen and oxygen atoms in total. The van der Waals surface area contributed by atoms with E-state index in [1.807, 2.05) is 6.20 Å². The van der Waals surface area contributed by atoms with Crippen molar-refractivity contribution in [2.45, 2.75) is 32.4 Å². The molecule has 1 aliphatic rings. The van der Waals surface area contributed by atoms with Gasteiger partial charge in [-0.1, -0.05) is 25.1 Å². The summed E-state index contributed by atoms with van der Waals surface area (Å²) in [5.41, 5.74) is 2.73. The van der Waals surface area contributed by atoms with Gasteiger partial charge in [-0.05, 0) is 31.0 Å². The molecule has 20 heavy (non-hydrogen) atoms. The Morgan fingerprint density at radius 2 is 2.15 bits per heavy atom. The zero-order chi connectivity index (χ0) is 14.0. The maximum Gasteiger partial charge on any atom is 0.0705 e. The average Bonchev–Trinajstić information content (AvgIpc) is 2.50. The molecule has 1 aliphatic heterocycles. The van der Waals surface area contributed by atoms with Gasteiger partial charge in [0.05, 0.1) is 5.52 Å². The zero-order valence-corrected chi connectivity index (χ0v) is 12.4. The quantitative estimate of drug-likeness (QED) is 0.928. The van der Waals surface area contributed by atoms with Gasteiger partial charge in [0.25, 0.3) is 0 Å². The number of fused-ring (bicyclic) bond motifs is 1. The van der Waals surface area contributed by atoms with Crippen LogP contribution in [0.15, 0.2) is 36.5 Å². The van der Waals surface area contributed by atoms with E-state index < -0.39 is 0 Å². The summed E-state index contributed by atoms with van der Waals surface area (Å²) in [6, 6.07) is 10.6. The highest BCUT2D eigenvalue weighted by molar-refractivity contribution is 5.81. The number of nitrogens with zero attached hydrogens (tertiary/aromatic N) is 2. The van der Waals surface area contributed by atoms with Crippen LogP contribution in [0.1, 0.15) is 25.8 Å². The van der Waals surface area contributed by atoms with Crippen LogP contribution in [0.3, 0.4) is 0 Å². The van der Waals surface area contributed by atoms with Crippen LogP contribution >= 0.6 is 0 Å². The van der Waals surface area contributed by atoms with Gasteiger partial charge in [-0.15, -0.1) is 0 Å². The summed E-state index contributed by atoms with van der Waals surface area (Å²) in [5, 5.41) is 4.81. The maximum absolute atomic E-state index is 4.46. The lowest BCUT2D eigenvalue weighted by Gasteiger charge is -2.45. The van der Waals surface area contributed by atoms with Gasteiger partial charge in [-0.2, -0.15) is 0 Å². The number of nitrogens with one attached hydrogen (secondary N) is 1. The highest BCUT2D eigenvalue weighted by Crippen LogP contribution is 2.25. The predicted molar refractivity (Wildman–Crippen MR) is 83.7 cm³/mol. The lowest BCUT2D eigenvalue weighted by molar-refractivity contribution is 0.0641. The van der Waals surface area contributed by atoms with E-state index in [1.165, 1.54) is 17.4 Å². The average molecular weight is 269 g/mol. The Kier molecular flexibility index (Phi) is 3.72. The number of hydrogen-bond acceptors (Lipinski definition) is 3. The molecule has 1 N–H and O–H groups in total. The molecule has 3 heteroatoms. The van der Waals surface area contributed by atoms with Gasteiger partial charge < -0.3 is 5.32 Å². The number of benzene rings is 1. The Hall–Kier alpha value is -1.45. The molecule has 0 aliphatic carbocycles. The van der Waals surface area contributed by atoms with E-state index in [-0.39, 0.29) is 5.54 Å². The smallest absolute Gasteiger partial charge is 0.0705 e. The van der Waals surface area contributed by atoms with Crippen molar-refractivity contribution < 1.29 is 0 Å². The molecular formula is C17H23N3. The first-order chi connectivity index (χ1) is 9.73. The summed E-state index contributed by atoms with van der Waals surface area (Å²) < 4.78 is 0. The molecule has 0 spiro atoms. The van der Waals surface area contributed by atoms with Crippen LogP contribution in [-0.2, 0) is 6.54 Å². The van der Waals surface area contributed by atoms with Crippen molar-refractivity contribution in [3.63, 3.8) is 0 Å². The number of para-hydroxylation sites is 1. The summed E-state index contributed by atoms with van der Waals surface area (Å²) >= 11 is 0. The van der Waals surface area contributed by atoms with Crippen LogP contribution in [0.5, 0.6) is 0 Å². The van der Waals surface area contributed by atoms with Crippen LogP contribution in [0.25, 0.3) is 10.9 Å². The van der Waals surface area contributed by atoms with E-state index in [0.29, 0.717) is 0 Å². The summed E-state index contributed by atoms with van der Waals surface area (Å²) in [6.45, 7) is 8.92. The van der Waals surface area contributed by atoms with Crippen molar-refractivity contribution in [1.29, 1.82) is 0 Å². The minimum atomic E-state index is 0.253. The van der Waals surface area contributed by atoms with Crippen LogP contribution < -0.4 is 5.32 Å². The first kappa shape index (κ1) is 13.5. The molecular weight excluding hydrogens is 246 g/mol. The molecule has 0 bridgehead atoms. The number of pyridine rings is 1. The third-order valence-electron chi connectivity index (χ3n) is 4.69. The van der Waals surface area contributed by atoms with Gasteiger partial charge in [-0.3, -0.25) is 9.88 Å². The molecule has 1 aromatic heterocycles. The summed E-state index contributed by atoms with van der Waals surface area (Å²) in [4.78, 5) is 7.08. The molecule has 106 valence electrons. The van der Waals surface area contributed by atoms with Crippen molar-refractivity contribution in [1.82, 2.24) is 15.2 Å². The topological polar surface area (TPSA) is 28.2 Å². The molecule has 0 radical (unpaired) electrons. The fraction of sp³-hybridized carbons (Fsp3) is 0.471. The normalized spacial score (nSPS) is 24.1. The second-order valence-corrected chi connectivity index (χ2v) is 5.94. The minimum absolute atomic E-state index is 0.253. The van der Waals surface area contributed by atoms with Crippen LogP contribution in [-0.4, -0.2) is 35.1 Å². The Balaban J connectivity index is 1.92. The standard InChI is InChI=1S/C17H23N3/c1-3-17(2)13-18-10-11-20(17)12-14-8-9-19-16-7-5-4-6-15(14)16/h4-9,18H,3,10-13H2,1-2H3. The van der Waals surface area contributed by atoms with Gasteiger partial charge in [0.15, 0.2) is 0 Å². The molecule has 3 rings (SSSR count). The molecule has 1 saturated heterocycles. The molecule has 1 unspecified atom stereocenters. The van der Waals surface area contributed by atoms with Gasteiger partial charge in [0, 0.05) is 43.3 Å². The number of rotatable bonds is 3. The van der Waals surface area contributed by atoms with E-state index in [2.05, 4.69) is 59.4 Å². The first-order valence-electron chi connectivity index (χ1n) is 7.51. The van der Waals surface area contributed by atoms with Crippen LogP contribution in [0.4, 0.5) is 0 Å². The largest absolute Gasteiger partial charge is 0.314 e. The lowest BCUT2D eigenvalue weighted by atomic mass is 9.93. The van der Waals surface area contributed by atoms with E-state index in [0.717, 1.165) is 31.7 Å². The van der Waals surface area contributed by atoms with Gasteiger partial charge in [-0.25, -0.2) is 0 Å². The summed E-state index contributed by atoms with van der Waals surface area (Å²) in [7, 11) is 0. The highest BCUT2D eigenvalue weighted by atomic mass is 15.2. The SMILES string of the molecule is CCC1(C)CNCCN1Cc1ccnc2ccccc12. The van der Waals surface area contributed by atoms with Crippen molar-refractivity contribution in [3.05, 3.63) is 42.1 Å². The van der Waals surface area contributed by atoms with Crippen molar-refractivity contribution in [3.8, 4) is 0 Å². The lowest BCUT2D eigenvalue weighted by Crippen LogP contribution is -2.58. The molecule has 0 saturated carbocycles. The van der Waals surface area contributed by atoms with Gasteiger partial charge in [0.2, 0.25) is 0 Å². The van der Waals surface area contributed by atoms with Crippen LogP contribution in [0.2, 0.25) is 0 Å². The number of hydrogen-bond donors (Lipinski definition) is 1. The molecule has 1 atom stereocenters. The van der Waals surface area contributed by atoms with E-state index >= 15 is 0 Å². The Bertz CT molecular complexity index is 590. The van der Waals surface area contributed by atoms with Gasteiger partial charge in [0.1, 0.15) is 0 Å². The van der Waals surface area contributed by atoms with Gasteiger partial charge >= 0.3 is 0 Å². The predicted octanol–water partition coefficient (Wildman–Crippen LogP) is 2.81. The fourth-order valence-electron chi connectivity index (χ4n) is 3.07. The number of aromatic nitrogens is 1. The van der Waals surface area contributed by atoms with E-state index in [9.17, 15) is 0 Å². The van der Waals surface area contributed by atoms with Crippen molar-refractivity contribution in [2.75, 3.05) is 19.6 Å². The molecule has 2 heterocycles. The second kappa shape index (κ2) is 5.51. The molecule has 1 fully saturated rings. The zero-order valence-electron chi connectivity index (χ0n) is 12.4. The minimum Gasteiger partial charge on any atom is -0.314 e. The Morgan fingerprint density at radius 3 is 3.00 bits per heavy atom. The molecule has 2 aromatic rings.